The largest absolute Gasteiger partial charge is 0.394 e. The summed E-state index contributed by atoms with van der Waals surface area (Å²) in [7, 11) is 0. The number of hydrogen-bond acceptors (Lipinski definition) is 3. The molecule has 0 aliphatic rings. The molecule has 0 atom stereocenters. The summed E-state index contributed by atoms with van der Waals surface area (Å²) in [4.78, 5) is 11.6. The molecule has 1 aromatic carbocycles. The Morgan fingerprint density at radius 1 is 1.24 bits per heavy atom. The zero-order valence-corrected chi connectivity index (χ0v) is 9.20. The highest BCUT2D eigenvalue weighted by atomic mass is 19.1. The first-order valence-electron chi connectivity index (χ1n) is 4.90. The second kappa shape index (κ2) is 5.20. The van der Waals surface area contributed by atoms with Crippen molar-refractivity contribution < 1.29 is 23.8 Å². The van der Waals surface area contributed by atoms with Crippen LogP contribution in [0.15, 0.2) is 18.2 Å². The van der Waals surface area contributed by atoms with Crippen LogP contribution in [0.4, 0.5) is 8.78 Å². The summed E-state index contributed by atoms with van der Waals surface area (Å²) in [5.41, 5.74) is -1.45. The molecule has 0 aliphatic carbocycles. The number of aliphatic hydroxyl groups is 2. The molecule has 0 radical (unpaired) electrons. The number of aliphatic hydroxyl groups excluding tert-OH is 2. The molecule has 0 aliphatic heterocycles. The topological polar surface area (TPSA) is 69.6 Å². The van der Waals surface area contributed by atoms with E-state index < -0.39 is 36.3 Å². The van der Waals surface area contributed by atoms with Gasteiger partial charge in [0.2, 0.25) is 0 Å². The van der Waals surface area contributed by atoms with Gasteiger partial charge in [0.1, 0.15) is 11.6 Å². The predicted molar refractivity (Wildman–Crippen MR) is 56.4 cm³/mol. The second-order valence-electron chi connectivity index (χ2n) is 3.99. The van der Waals surface area contributed by atoms with E-state index in [1.807, 2.05) is 0 Å². The highest BCUT2D eigenvalue weighted by molar-refractivity contribution is 5.94. The number of carbonyl (C=O) groups excluding carboxylic acids is 1. The van der Waals surface area contributed by atoms with Gasteiger partial charge in [0, 0.05) is 11.6 Å². The Kier molecular flexibility index (Phi) is 4.14. The minimum atomic E-state index is -1.24. The fraction of sp³-hybridized carbons (Fsp3) is 0.364. The fourth-order valence-corrected chi connectivity index (χ4v) is 1.16. The van der Waals surface area contributed by atoms with Crippen molar-refractivity contribution in [2.24, 2.45) is 0 Å². The van der Waals surface area contributed by atoms with Gasteiger partial charge < -0.3 is 15.5 Å². The standard InChI is InChI=1S/C11H13F2NO3/c1-11(5-15,6-16)14-10(17)7-2-8(12)4-9(13)3-7/h2-4,15-16H,5-6H2,1H3,(H,14,17). The second-order valence-corrected chi connectivity index (χ2v) is 3.99. The summed E-state index contributed by atoms with van der Waals surface area (Å²) >= 11 is 0. The van der Waals surface area contributed by atoms with E-state index in [2.05, 4.69) is 5.32 Å². The summed E-state index contributed by atoms with van der Waals surface area (Å²) in [6.07, 6.45) is 0. The Bertz CT molecular complexity index is 399. The van der Waals surface area contributed by atoms with Crippen molar-refractivity contribution in [2.45, 2.75) is 12.5 Å². The summed E-state index contributed by atoms with van der Waals surface area (Å²) in [6.45, 7) is 0.417. The molecular weight excluding hydrogens is 232 g/mol. The van der Waals surface area contributed by atoms with E-state index in [0.717, 1.165) is 12.1 Å². The number of carbonyl (C=O) groups is 1. The summed E-state index contributed by atoms with van der Waals surface area (Å²) in [5.74, 6) is -2.51. The average Bonchev–Trinajstić information content (AvgIpc) is 2.27. The Balaban J connectivity index is 2.90. The first-order valence-corrected chi connectivity index (χ1v) is 4.90. The monoisotopic (exact) mass is 245 g/mol. The van der Waals surface area contributed by atoms with Crippen molar-refractivity contribution in [1.82, 2.24) is 5.32 Å². The zero-order chi connectivity index (χ0) is 13.1. The van der Waals surface area contributed by atoms with E-state index in [4.69, 9.17) is 10.2 Å². The zero-order valence-electron chi connectivity index (χ0n) is 9.20. The number of amides is 1. The number of benzene rings is 1. The average molecular weight is 245 g/mol. The lowest BCUT2D eigenvalue weighted by Gasteiger charge is -2.26. The lowest BCUT2D eigenvalue weighted by Crippen LogP contribution is -2.51. The van der Waals surface area contributed by atoms with E-state index in [-0.39, 0.29) is 5.56 Å². The van der Waals surface area contributed by atoms with Crippen LogP contribution in [0.1, 0.15) is 17.3 Å². The van der Waals surface area contributed by atoms with Crippen LogP contribution in [0.5, 0.6) is 0 Å². The molecule has 0 unspecified atom stereocenters. The Hall–Kier alpha value is -1.53. The molecule has 1 aromatic rings. The lowest BCUT2D eigenvalue weighted by molar-refractivity contribution is 0.0723. The van der Waals surface area contributed by atoms with Gasteiger partial charge in [-0.05, 0) is 19.1 Å². The van der Waals surface area contributed by atoms with Crippen LogP contribution < -0.4 is 5.32 Å². The van der Waals surface area contributed by atoms with E-state index in [9.17, 15) is 13.6 Å². The molecule has 1 amide bonds. The highest BCUT2D eigenvalue weighted by Crippen LogP contribution is 2.10. The van der Waals surface area contributed by atoms with E-state index >= 15 is 0 Å². The van der Waals surface area contributed by atoms with Crippen LogP contribution in [-0.4, -0.2) is 34.9 Å². The van der Waals surface area contributed by atoms with Gasteiger partial charge in [-0.2, -0.15) is 0 Å². The van der Waals surface area contributed by atoms with Gasteiger partial charge in [-0.25, -0.2) is 8.78 Å². The van der Waals surface area contributed by atoms with Crippen molar-refractivity contribution in [3.63, 3.8) is 0 Å². The fourth-order valence-electron chi connectivity index (χ4n) is 1.16. The maximum absolute atomic E-state index is 12.9. The third kappa shape index (κ3) is 3.47. The first kappa shape index (κ1) is 13.5. The quantitative estimate of drug-likeness (QED) is 0.720. The van der Waals surface area contributed by atoms with E-state index in [1.165, 1.54) is 6.92 Å². The summed E-state index contributed by atoms with van der Waals surface area (Å²) in [6, 6.07) is 2.38. The number of hydrogen-bond donors (Lipinski definition) is 3. The molecule has 17 heavy (non-hydrogen) atoms. The molecule has 4 nitrogen and oxygen atoms in total. The maximum atomic E-state index is 12.9. The molecular formula is C11H13F2NO3. The minimum Gasteiger partial charge on any atom is -0.394 e. The van der Waals surface area contributed by atoms with Gasteiger partial charge in [0.15, 0.2) is 0 Å². The Labute approximate surface area is 96.9 Å². The van der Waals surface area contributed by atoms with Crippen molar-refractivity contribution in [1.29, 1.82) is 0 Å². The van der Waals surface area contributed by atoms with Gasteiger partial charge >= 0.3 is 0 Å². The molecule has 0 spiro atoms. The van der Waals surface area contributed by atoms with Crippen LogP contribution in [0, 0.1) is 11.6 Å². The molecule has 6 heteroatoms. The third-order valence-electron chi connectivity index (χ3n) is 2.24. The number of halogens is 2. The molecule has 1 rings (SSSR count). The van der Waals surface area contributed by atoms with Gasteiger partial charge in [-0.15, -0.1) is 0 Å². The molecule has 0 saturated heterocycles. The summed E-state index contributed by atoms with van der Waals surface area (Å²) < 4.78 is 25.7. The minimum absolute atomic E-state index is 0.212. The van der Waals surface area contributed by atoms with Crippen LogP contribution in [0.2, 0.25) is 0 Å². The van der Waals surface area contributed by atoms with Gasteiger partial charge in [-0.1, -0.05) is 0 Å². The van der Waals surface area contributed by atoms with Gasteiger partial charge in [0.05, 0.1) is 18.8 Å². The number of rotatable bonds is 4. The van der Waals surface area contributed by atoms with Crippen LogP contribution in [0.3, 0.4) is 0 Å². The van der Waals surface area contributed by atoms with Crippen LogP contribution in [0.25, 0.3) is 0 Å². The molecule has 94 valence electrons. The summed E-state index contributed by atoms with van der Waals surface area (Å²) in [5, 5.41) is 20.2. The molecule has 0 fully saturated rings. The normalized spacial score (nSPS) is 11.4. The van der Waals surface area contributed by atoms with Gasteiger partial charge in [-0.3, -0.25) is 4.79 Å². The van der Waals surface area contributed by atoms with Gasteiger partial charge in [0.25, 0.3) is 5.91 Å². The molecule has 3 N–H and O–H groups in total. The van der Waals surface area contributed by atoms with Crippen molar-refractivity contribution in [3.05, 3.63) is 35.4 Å². The SMILES string of the molecule is CC(CO)(CO)NC(=O)c1cc(F)cc(F)c1. The van der Waals surface area contributed by atoms with Crippen molar-refractivity contribution in [3.8, 4) is 0 Å². The predicted octanol–water partition coefficient (Wildman–Crippen LogP) is 0.438. The first-order chi connectivity index (χ1) is 7.90. The molecule has 0 aromatic heterocycles. The van der Waals surface area contributed by atoms with E-state index in [0.29, 0.717) is 6.07 Å². The van der Waals surface area contributed by atoms with Crippen LogP contribution in [-0.2, 0) is 0 Å². The smallest absolute Gasteiger partial charge is 0.252 e. The molecule has 0 saturated carbocycles. The third-order valence-corrected chi connectivity index (χ3v) is 2.24. The maximum Gasteiger partial charge on any atom is 0.252 e. The molecule has 0 bridgehead atoms. The van der Waals surface area contributed by atoms with Crippen molar-refractivity contribution in [2.75, 3.05) is 13.2 Å². The Morgan fingerprint density at radius 3 is 2.12 bits per heavy atom. The molecule has 0 heterocycles. The lowest BCUT2D eigenvalue weighted by atomic mass is 10.0. The Morgan fingerprint density at radius 2 is 1.71 bits per heavy atom. The number of nitrogens with one attached hydrogen (secondary N) is 1. The van der Waals surface area contributed by atoms with Crippen molar-refractivity contribution >= 4 is 5.91 Å². The highest BCUT2D eigenvalue weighted by Gasteiger charge is 2.25. The van der Waals surface area contributed by atoms with E-state index in [1.54, 1.807) is 0 Å². The van der Waals surface area contributed by atoms with Crippen LogP contribution >= 0.6 is 0 Å².